The Morgan fingerprint density at radius 1 is 0.692 bits per heavy atom. The summed E-state index contributed by atoms with van der Waals surface area (Å²) in [5.41, 5.74) is 3.04. The van der Waals surface area contributed by atoms with Crippen molar-refractivity contribution in [2.75, 3.05) is 6.54 Å². The molecule has 0 aliphatic heterocycles. The average Bonchev–Trinajstić information content (AvgIpc) is 2.97. The highest BCUT2D eigenvalue weighted by atomic mass is 16.5. The maximum absolute atomic E-state index is 13.0. The molecule has 0 fully saturated rings. The Balaban J connectivity index is 1.26. The van der Waals surface area contributed by atoms with Gasteiger partial charge in [-0.3, -0.25) is 4.79 Å². The summed E-state index contributed by atoms with van der Waals surface area (Å²) < 4.78 is 11.0. The second-order valence-corrected chi connectivity index (χ2v) is 9.17. The fourth-order valence-corrected chi connectivity index (χ4v) is 4.40. The minimum Gasteiger partial charge on any atom is -0.423 e. The van der Waals surface area contributed by atoms with Crippen LogP contribution >= 0.6 is 0 Å². The molecule has 1 heterocycles. The van der Waals surface area contributed by atoms with E-state index in [4.69, 9.17) is 9.15 Å². The van der Waals surface area contributed by atoms with Crippen LogP contribution in [-0.4, -0.2) is 18.4 Å². The maximum atomic E-state index is 13.0. The maximum Gasteiger partial charge on any atom is 0.349 e. The molecule has 39 heavy (non-hydrogen) atoms. The quantitative estimate of drug-likeness (QED) is 0.152. The monoisotopic (exact) mass is 517 g/mol. The highest BCUT2D eigenvalue weighted by Crippen LogP contribution is 2.23. The normalized spacial score (nSPS) is 10.8. The molecule has 6 heteroatoms. The Hall–Kier alpha value is -4.97. The van der Waals surface area contributed by atoms with Crippen LogP contribution in [0.4, 0.5) is 0 Å². The first kappa shape index (κ1) is 25.7. The molecule has 0 bridgehead atoms. The van der Waals surface area contributed by atoms with Gasteiger partial charge in [0.2, 0.25) is 0 Å². The standard InChI is InChI=1S/C33H27NO5/c35-31(34-20-19-24-11-5-2-6-12-24)29-21-26-17-18-27(22-30(26)39-33(29)37)38-32(36)28-14-8-7-13-25(28)16-15-23-9-3-1-4-10-23/h1-14,17-18,21-22H,15-16,19-20H2,(H,34,35). The van der Waals surface area contributed by atoms with Crippen LogP contribution in [0, 0.1) is 0 Å². The third-order valence-electron chi connectivity index (χ3n) is 6.47. The van der Waals surface area contributed by atoms with E-state index >= 15 is 0 Å². The van der Waals surface area contributed by atoms with E-state index in [1.54, 1.807) is 24.3 Å². The molecule has 5 aromatic rings. The van der Waals surface area contributed by atoms with Gasteiger partial charge in [-0.05, 0) is 60.2 Å². The zero-order valence-electron chi connectivity index (χ0n) is 21.3. The molecule has 0 unspecified atom stereocenters. The van der Waals surface area contributed by atoms with Crippen LogP contribution in [0.2, 0.25) is 0 Å². The third-order valence-corrected chi connectivity index (χ3v) is 6.47. The lowest BCUT2D eigenvalue weighted by Gasteiger charge is -2.10. The number of aryl methyl sites for hydroxylation is 2. The number of ether oxygens (including phenoxy) is 1. The fourth-order valence-electron chi connectivity index (χ4n) is 4.40. The molecule has 1 amide bonds. The minimum absolute atomic E-state index is 0.0763. The first-order valence-corrected chi connectivity index (χ1v) is 12.8. The van der Waals surface area contributed by atoms with Gasteiger partial charge in [0, 0.05) is 18.0 Å². The van der Waals surface area contributed by atoms with Crippen molar-refractivity contribution in [2.45, 2.75) is 19.3 Å². The van der Waals surface area contributed by atoms with Crippen LogP contribution in [0.25, 0.3) is 11.0 Å². The number of fused-ring (bicyclic) bond motifs is 1. The summed E-state index contributed by atoms with van der Waals surface area (Å²) in [6, 6.07) is 33.4. The summed E-state index contributed by atoms with van der Waals surface area (Å²) in [5.74, 6) is -0.743. The van der Waals surface area contributed by atoms with Crippen molar-refractivity contribution in [3.8, 4) is 5.75 Å². The van der Waals surface area contributed by atoms with Gasteiger partial charge in [-0.1, -0.05) is 78.9 Å². The smallest absolute Gasteiger partial charge is 0.349 e. The van der Waals surface area contributed by atoms with Gasteiger partial charge in [-0.15, -0.1) is 0 Å². The molecule has 194 valence electrons. The third kappa shape index (κ3) is 6.48. The molecule has 5 rings (SSSR count). The topological polar surface area (TPSA) is 85.6 Å². The van der Waals surface area contributed by atoms with E-state index in [0.29, 0.717) is 30.3 Å². The predicted octanol–water partition coefficient (Wildman–Crippen LogP) is 5.77. The lowest BCUT2D eigenvalue weighted by atomic mass is 10.00. The van der Waals surface area contributed by atoms with Crippen molar-refractivity contribution in [1.29, 1.82) is 0 Å². The molecular formula is C33H27NO5. The van der Waals surface area contributed by atoms with Gasteiger partial charge in [-0.25, -0.2) is 9.59 Å². The molecule has 1 N–H and O–H groups in total. The summed E-state index contributed by atoms with van der Waals surface area (Å²) in [6.45, 7) is 0.391. The zero-order chi connectivity index (χ0) is 27.0. The Bertz CT molecular complexity index is 1660. The van der Waals surface area contributed by atoms with Gasteiger partial charge >= 0.3 is 11.6 Å². The molecule has 6 nitrogen and oxygen atoms in total. The Labute approximate surface area is 225 Å². The van der Waals surface area contributed by atoms with Crippen LogP contribution in [0.3, 0.4) is 0 Å². The highest BCUT2D eigenvalue weighted by Gasteiger charge is 2.16. The molecule has 0 atom stereocenters. The largest absolute Gasteiger partial charge is 0.423 e. The molecule has 4 aromatic carbocycles. The molecule has 0 aliphatic rings. The summed E-state index contributed by atoms with van der Waals surface area (Å²) in [5, 5.41) is 3.31. The van der Waals surface area contributed by atoms with Crippen molar-refractivity contribution < 1.29 is 18.7 Å². The van der Waals surface area contributed by atoms with Gasteiger partial charge in [0.15, 0.2) is 0 Å². The van der Waals surface area contributed by atoms with Crippen molar-refractivity contribution in [3.63, 3.8) is 0 Å². The van der Waals surface area contributed by atoms with E-state index < -0.39 is 17.5 Å². The molecule has 1 aromatic heterocycles. The Kier molecular flexibility index (Phi) is 7.93. The van der Waals surface area contributed by atoms with Gasteiger partial charge < -0.3 is 14.5 Å². The lowest BCUT2D eigenvalue weighted by Crippen LogP contribution is -2.29. The van der Waals surface area contributed by atoms with E-state index in [1.807, 2.05) is 60.7 Å². The van der Waals surface area contributed by atoms with E-state index in [9.17, 15) is 14.4 Å². The molecular weight excluding hydrogens is 490 g/mol. The van der Waals surface area contributed by atoms with Crippen LogP contribution in [0.15, 0.2) is 118 Å². The number of nitrogens with one attached hydrogen (secondary N) is 1. The second-order valence-electron chi connectivity index (χ2n) is 9.17. The van der Waals surface area contributed by atoms with Gasteiger partial charge in [0.05, 0.1) is 5.56 Å². The van der Waals surface area contributed by atoms with E-state index in [-0.39, 0.29) is 16.9 Å². The van der Waals surface area contributed by atoms with Gasteiger partial charge in [0.1, 0.15) is 16.9 Å². The summed E-state index contributed by atoms with van der Waals surface area (Å²) in [4.78, 5) is 38.2. The molecule has 0 saturated carbocycles. The SMILES string of the molecule is O=C(Oc1ccc2cc(C(=O)NCCc3ccccc3)c(=O)oc2c1)c1ccccc1CCc1ccccc1. The van der Waals surface area contributed by atoms with Crippen LogP contribution in [0.5, 0.6) is 5.75 Å². The number of hydrogen-bond acceptors (Lipinski definition) is 5. The van der Waals surface area contributed by atoms with Crippen molar-refractivity contribution in [1.82, 2.24) is 5.32 Å². The van der Waals surface area contributed by atoms with Crippen LogP contribution < -0.4 is 15.7 Å². The van der Waals surface area contributed by atoms with Crippen molar-refractivity contribution in [2.24, 2.45) is 0 Å². The first-order chi connectivity index (χ1) is 19.1. The molecule has 0 saturated heterocycles. The predicted molar refractivity (Wildman–Crippen MR) is 150 cm³/mol. The van der Waals surface area contributed by atoms with Gasteiger partial charge in [-0.2, -0.15) is 0 Å². The van der Waals surface area contributed by atoms with E-state index in [2.05, 4.69) is 17.4 Å². The summed E-state index contributed by atoms with van der Waals surface area (Å²) in [7, 11) is 0. The molecule has 0 aliphatic carbocycles. The summed E-state index contributed by atoms with van der Waals surface area (Å²) in [6.07, 6.45) is 2.14. The number of hydrogen-bond donors (Lipinski definition) is 1. The van der Waals surface area contributed by atoms with E-state index in [1.165, 1.54) is 17.7 Å². The number of carbonyl (C=O) groups excluding carboxylic acids is 2. The molecule has 0 spiro atoms. The summed E-state index contributed by atoms with van der Waals surface area (Å²) >= 11 is 0. The number of amides is 1. The Morgan fingerprint density at radius 2 is 1.36 bits per heavy atom. The van der Waals surface area contributed by atoms with E-state index in [0.717, 1.165) is 17.5 Å². The lowest BCUT2D eigenvalue weighted by molar-refractivity contribution is 0.0733. The fraction of sp³-hybridized carbons (Fsp3) is 0.121. The first-order valence-electron chi connectivity index (χ1n) is 12.8. The van der Waals surface area contributed by atoms with Gasteiger partial charge in [0.25, 0.3) is 5.91 Å². The number of esters is 1. The number of carbonyl (C=O) groups is 2. The Morgan fingerprint density at radius 3 is 2.10 bits per heavy atom. The molecule has 0 radical (unpaired) electrons. The van der Waals surface area contributed by atoms with Crippen molar-refractivity contribution in [3.05, 3.63) is 147 Å². The van der Waals surface area contributed by atoms with Crippen LogP contribution in [0.1, 0.15) is 37.4 Å². The van der Waals surface area contributed by atoms with Crippen molar-refractivity contribution >= 4 is 22.8 Å². The second kappa shape index (κ2) is 12.0. The highest BCUT2D eigenvalue weighted by molar-refractivity contribution is 5.97. The average molecular weight is 518 g/mol. The number of benzene rings is 4. The minimum atomic E-state index is -0.755. The zero-order valence-corrected chi connectivity index (χ0v) is 21.3. The number of rotatable bonds is 9. The van der Waals surface area contributed by atoms with Crippen LogP contribution in [-0.2, 0) is 19.3 Å².